The van der Waals surface area contributed by atoms with E-state index in [1.807, 2.05) is 70.2 Å². The average molecular weight is 428 g/mol. The fraction of sp³-hybridized carbons (Fsp3) is 0.304. The van der Waals surface area contributed by atoms with E-state index in [-0.39, 0.29) is 0 Å². The van der Waals surface area contributed by atoms with Crippen molar-refractivity contribution in [3.63, 3.8) is 0 Å². The van der Waals surface area contributed by atoms with Gasteiger partial charge in [0, 0.05) is 27.9 Å². The Kier molecular flexibility index (Phi) is 6.37. The summed E-state index contributed by atoms with van der Waals surface area (Å²) in [5, 5.41) is 14.8. The highest BCUT2D eigenvalue weighted by atomic mass is 35.5. The van der Waals surface area contributed by atoms with E-state index < -0.39 is 11.6 Å². The number of amides is 1. The number of aromatic nitrogens is 2. The normalized spacial score (nSPS) is 11.4. The highest BCUT2D eigenvalue weighted by molar-refractivity contribution is 6.30. The molecule has 158 valence electrons. The van der Waals surface area contributed by atoms with Crippen LogP contribution in [0.2, 0.25) is 5.02 Å². The first kappa shape index (κ1) is 21.7. The molecule has 1 N–H and O–H groups in total. The maximum Gasteiger partial charge on any atom is 0.413 e. The predicted octanol–water partition coefficient (Wildman–Crippen LogP) is 5.76. The summed E-state index contributed by atoms with van der Waals surface area (Å²) < 4.78 is 7.79. The lowest BCUT2D eigenvalue weighted by atomic mass is 10.1. The fourth-order valence-electron chi connectivity index (χ4n) is 3.20. The smallest absolute Gasteiger partial charge is 0.413 e. The number of hydrogen-bond acceptors (Lipinski definition) is 3. The molecule has 2 aromatic carbocycles. The molecule has 6 nitrogen and oxygen atoms in total. The van der Waals surface area contributed by atoms with Crippen LogP contribution >= 0.6 is 11.6 Å². The van der Waals surface area contributed by atoms with E-state index in [1.54, 1.807) is 16.8 Å². The van der Waals surface area contributed by atoms with Gasteiger partial charge in [0.2, 0.25) is 0 Å². The molecule has 30 heavy (non-hydrogen) atoms. The van der Waals surface area contributed by atoms with Crippen molar-refractivity contribution in [2.75, 3.05) is 4.90 Å². The first-order chi connectivity index (χ1) is 14.1. The molecule has 0 fully saturated rings. The van der Waals surface area contributed by atoms with E-state index in [4.69, 9.17) is 16.3 Å². The van der Waals surface area contributed by atoms with E-state index in [1.165, 1.54) is 4.90 Å². The van der Waals surface area contributed by atoms with Gasteiger partial charge in [-0.2, -0.15) is 5.10 Å². The Morgan fingerprint density at radius 3 is 2.50 bits per heavy atom. The Labute approximate surface area is 181 Å². The molecule has 7 heteroatoms. The van der Waals surface area contributed by atoms with E-state index in [0.717, 1.165) is 16.8 Å². The molecule has 0 radical (unpaired) electrons. The van der Waals surface area contributed by atoms with Gasteiger partial charge in [0.25, 0.3) is 0 Å². The molecule has 0 aliphatic carbocycles. The Hall–Kier alpha value is -2.99. The molecule has 0 saturated heterocycles. The molecule has 0 aliphatic rings. The van der Waals surface area contributed by atoms with Crippen molar-refractivity contribution in [3.05, 3.63) is 76.4 Å². The molecule has 1 aromatic heterocycles. The quantitative estimate of drug-likeness (QED) is 0.543. The summed E-state index contributed by atoms with van der Waals surface area (Å²) in [4.78, 5) is 13.0. The molecule has 0 bridgehead atoms. The highest BCUT2D eigenvalue weighted by Crippen LogP contribution is 2.27. The maximum atomic E-state index is 11.8. The van der Waals surface area contributed by atoms with Crippen LogP contribution in [-0.4, -0.2) is 26.5 Å². The van der Waals surface area contributed by atoms with Gasteiger partial charge in [0.1, 0.15) is 12.4 Å². The van der Waals surface area contributed by atoms with Gasteiger partial charge in [-0.1, -0.05) is 41.9 Å². The summed E-state index contributed by atoms with van der Waals surface area (Å²) >= 11 is 6.23. The number of aryl methyl sites for hydroxylation is 1. The van der Waals surface area contributed by atoms with E-state index in [0.29, 0.717) is 29.7 Å². The first-order valence-electron chi connectivity index (χ1n) is 9.68. The van der Waals surface area contributed by atoms with Gasteiger partial charge >= 0.3 is 6.09 Å². The second-order valence-corrected chi connectivity index (χ2v) is 8.55. The topological polar surface area (TPSA) is 67.6 Å². The highest BCUT2D eigenvalue weighted by Gasteiger charge is 2.30. The van der Waals surface area contributed by atoms with Gasteiger partial charge in [-0.15, -0.1) is 0 Å². The summed E-state index contributed by atoms with van der Waals surface area (Å²) in [6.45, 7) is 8.25. The molecular weight excluding hydrogens is 402 g/mol. The monoisotopic (exact) mass is 427 g/mol. The number of benzene rings is 2. The van der Waals surface area contributed by atoms with E-state index in [9.17, 15) is 9.90 Å². The molecule has 3 aromatic rings. The lowest BCUT2D eigenvalue weighted by Gasteiger charge is -2.31. The molecule has 0 unspecified atom stereocenters. The van der Waals surface area contributed by atoms with Crippen molar-refractivity contribution in [1.82, 2.24) is 9.78 Å². The Morgan fingerprint density at radius 1 is 1.17 bits per heavy atom. The summed E-state index contributed by atoms with van der Waals surface area (Å²) in [6.07, 6.45) is -1.04. The second-order valence-electron chi connectivity index (χ2n) is 8.12. The number of rotatable bonds is 6. The van der Waals surface area contributed by atoms with Crippen LogP contribution in [-0.2, 0) is 13.2 Å². The zero-order valence-electron chi connectivity index (χ0n) is 17.6. The van der Waals surface area contributed by atoms with E-state index in [2.05, 4.69) is 5.10 Å². The average Bonchev–Trinajstić information content (AvgIpc) is 3.00. The summed E-state index contributed by atoms with van der Waals surface area (Å²) in [7, 11) is 0. The third-order valence-electron chi connectivity index (χ3n) is 4.64. The summed E-state index contributed by atoms with van der Waals surface area (Å²) in [5.74, 6) is 1.10. The first-order valence-corrected chi connectivity index (χ1v) is 10.1. The standard InChI is InChI=1S/C23H26ClN3O3/c1-16-12-21(27(22(28)29)23(2,3)4)25-26(16)14-18-13-19(24)10-11-20(18)30-15-17-8-6-5-7-9-17/h5-13H,14-15H2,1-4H3,(H,28,29). The predicted molar refractivity (Wildman–Crippen MR) is 119 cm³/mol. The Balaban J connectivity index is 1.86. The number of carboxylic acid groups (broad SMARTS) is 1. The molecule has 3 rings (SSSR count). The van der Waals surface area contributed by atoms with Crippen molar-refractivity contribution in [2.45, 2.75) is 46.4 Å². The number of halogens is 1. The molecule has 0 saturated carbocycles. The molecular formula is C23H26ClN3O3. The lowest BCUT2D eigenvalue weighted by molar-refractivity contribution is 0.195. The van der Waals surface area contributed by atoms with Crippen LogP contribution in [0.3, 0.4) is 0 Å². The third kappa shape index (κ3) is 5.13. The van der Waals surface area contributed by atoms with Gasteiger partial charge in [-0.25, -0.2) is 4.79 Å². The van der Waals surface area contributed by atoms with Crippen LogP contribution in [0.5, 0.6) is 5.75 Å². The van der Waals surface area contributed by atoms with Gasteiger partial charge in [-0.05, 0) is 51.5 Å². The second kappa shape index (κ2) is 8.79. The van der Waals surface area contributed by atoms with E-state index >= 15 is 0 Å². The zero-order valence-corrected chi connectivity index (χ0v) is 18.3. The van der Waals surface area contributed by atoms with Crippen LogP contribution in [0.25, 0.3) is 0 Å². The number of ether oxygens (including phenoxy) is 1. The van der Waals surface area contributed by atoms with Gasteiger partial charge in [-0.3, -0.25) is 9.58 Å². The minimum atomic E-state index is -1.04. The van der Waals surface area contributed by atoms with Crippen LogP contribution in [0.15, 0.2) is 54.6 Å². The van der Waals surface area contributed by atoms with Crippen molar-refractivity contribution in [2.24, 2.45) is 0 Å². The number of nitrogens with zero attached hydrogens (tertiary/aromatic N) is 3. The number of carbonyl (C=O) groups is 1. The van der Waals surface area contributed by atoms with Crippen LogP contribution in [0.4, 0.5) is 10.6 Å². The lowest BCUT2D eigenvalue weighted by Crippen LogP contribution is -2.45. The Bertz CT molecular complexity index is 1030. The SMILES string of the molecule is Cc1cc(N(C(=O)O)C(C)(C)C)nn1Cc1cc(Cl)ccc1OCc1ccccc1. The Morgan fingerprint density at radius 2 is 1.87 bits per heavy atom. The van der Waals surface area contributed by atoms with Crippen molar-refractivity contribution in [1.29, 1.82) is 0 Å². The van der Waals surface area contributed by atoms with Gasteiger partial charge in [0.15, 0.2) is 5.82 Å². The maximum absolute atomic E-state index is 11.8. The van der Waals surface area contributed by atoms with Gasteiger partial charge < -0.3 is 9.84 Å². The minimum absolute atomic E-state index is 0.390. The largest absolute Gasteiger partial charge is 0.489 e. The minimum Gasteiger partial charge on any atom is -0.489 e. The summed E-state index contributed by atoms with van der Waals surface area (Å²) in [6, 6.07) is 17.2. The number of hydrogen-bond donors (Lipinski definition) is 1. The number of anilines is 1. The molecule has 0 atom stereocenters. The van der Waals surface area contributed by atoms with Crippen LogP contribution in [0, 0.1) is 6.92 Å². The fourth-order valence-corrected chi connectivity index (χ4v) is 3.39. The van der Waals surface area contributed by atoms with Gasteiger partial charge in [0.05, 0.1) is 6.54 Å². The van der Waals surface area contributed by atoms with Crippen molar-refractivity contribution < 1.29 is 14.6 Å². The third-order valence-corrected chi connectivity index (χ3v) is 4.87. The van der Waals surface area contributed by atoms with Crippen LogP contribution < -0.4 is 9.64 Å². The molecule has 0 spiro atoms. The van der Waals surface area contributed by atoms with Crippen LogP contribution in [0.1, 0.15) is 37.6 Å². The van der Waals surface area contributed by atoms with Crippen molar-refractivity contribution in [3.8, 4) is 5.75 Å². The molecule has 1 heterocycles. The summed E-state index contributed by atoms with van der Waals surface area (Å²) in [5.41, 5.74) is 2.17. The zero-order chi connectivity index (χ0) is 21.9. The molecule has 1 amide bonds. The molecule has 0 aliphatic heterocycles. The van der Waals surface area contributed by atoms with Crippen molar-refractivity contribution >= 4 is 23.5 Å².